The molecule has 0 heterocycles. The van der Waals surface area contributed by atoms with E-state index in [4.69, 9.17) is 10.8 Å². The lowest BCUT2D eigenvalue weighted by atomic mass is 10.2. The summed E-state index contributed by atoms with van der Waals surface area (Å²) in [4.78, 5) is 1.10. The first kappa shape index (κ1) is 15.4. The third-order valence-electron chi connectivity index (χ3n) is 1.97. The van der Waals surface area contributed by atoms with Gasteiger partial charge in [0.1, 0.15) is 0 Å². The highest BCUT2D eigenvalue weighted by molar-refractivity contribution is 8.03. The van der Waals surface area contributed by atoms with Crippen LogP contribution in [0, 0.1) is 0 Å². The summed E-state index contributed by atoms with van der Waals surface area (Å²) in [6, 6.07) is -0.403. The molecule has 0 saturated heterocycles. The highest BCUT2D eigenvalue weighted by atomic mass is 32.2. The molecule has 0 bridgehead atoms. The molecule has 0 aliphatic carbocycles. The topological polar surface area (TPSA) is 66.5 Å². The predicted molar refractivity (Wildman–Crippen MR) is 71.2 cm³/mol. The lowest BCUT2D eigenvalue weighted by Crippen LogP contribution is -2.39. The van der Waals surface area contributed by atoms with Crippen molar-refractivity contribution in [1.82, 2.24) is 0 Å². The van der Waals surface area contributed by atoms with Crippen molar-refractivity contribution in [2.24, 2.45) is 5.73 Å². The molecule has 16 heavy (non-hydrogen) atoms. The van der Waals surface area contributed by atoms with Gasteiger partial charge in [-0.15, -0.1) is 11.8 Å². The summed E-state index contributed by atoms with van der Waals surface area (Å²) in [5, 5.41) is 18.0. The summed E-state index contributed by atoms with van der Waals surface area (Å²) in [6.07, 6.45) is 8.99. The molecule has 3 nitrogen and oxygen atoms in total. The van der Waals surface area contributed by atoms with Gasteiger partial charge in [-0.05, 0) is 19.9 Å². The lowest BCUT2D eigenvalue weighted by Gasteiger charge is -2.16. The van der Waals surface area contributed by atoms with Gasteiger partial charge in [-0.2, -0.15) is 0 Å². The Kier molecular flexibility index (Phi) is 9.33. The summed E-state index contributed by atoms with van der Waals surface area (Å²) in [5.74, 6) is 0.585. The molecule has 0 aromatic rings. The summed E-state index contributed by atoms with van der Waals surface area (Å²) in [6.45, 7) is 3.62. The second-order valence-corrected chi connectivity index (χ2v) is 4.39. The monoisotopic (exact) mass is 243 g/mol. The molecule has 0 aromatic carbocycles. The molecule has 0 rings (SSSR count). The third kappa shape index (κ3) is 6.85. The maximum Gasteiger partial charge on any atom is 0.0929 e. The van der Waals surface area contributed by atoms with Gasteiger partial charge in [0.15, 0.2) is 0 Å². The van der Waals surface area contributed by atoms with Crippen molar-refractivity contribution in [1.29, 1.82) is 0 Å². The van der Waals surface area contributed by atoms with E-state index >= 15 is 0 Å². The molecule has 0 radical (unpaired) electrons. The van der Waals surface area contributed by atoms with Crippen molar-refractivity contribution in [3.63, 3.8) is 0 Å². The van der Waals surface area contributed by atoms with Crippen LogP contribution in [0.25, 0.3) is 0 Å². The molecule has 0 saturated carbocycles. The number of aliphatic hydroxyl groups excluding tert-OH is 2. The Morgan fingerprint density at radius 2 is 2.06 bits per heavy atom. The fraction of sp³-hybridized carbons (Fsp3) is 0.500. The molecular formula is C12H21NO2S. The molecule has 92 valence electrons. The molecular weight excluding hydrogens is 222 g/mol. The highest BCUT2D eigenvalue weighted by Gasteiger charge is 2.13. The van der Waals surface area contributed by atoms with E-state index in [0.29, 0.717) is 5.75 Å². The first-order chi connectivity index (χ1) is 7.65. The molecule has 0 aliphatic rings. The van der Waals surface area contributed by atoms with Crippen LogP contribution in [0.3, 0.4) is 0 Å². The van der Waals surface area contributed by atoms with Gasteiger partial charge < -0.3 is 15.9 Å². The average Bonchev–Trinajstić information content (AvgIpc) is 2.32. The van der Waals surface area contributed by atoms with Crippen molar-refractivity contribution in [3.8, 4) is 0 Å². The van der Waals surface area contributed by atoms with Crippen LogP contribution < -0.4 is 5.73 Å². The Labute approximate surface area is 102 Å². The van der Waals surface area contributed by atoms with E-state index in [2.05, 4.69) is 0 Å². The highest BCUT2D eigenvalue weighted by Crippen LogP contribution is 2.18. The van der Waals surface area contributed by atoms with Gasteiger partial charge >= 0.3 is 0 Å². The van der Waals surface area contributed by atoms with Crippen LogP contribution in [-0.2, 0) is 0 Å². The van der Waals surface area contributed by atoms with Crippen LogP contribution in [-0.4, -0.2) is 34.7 Å². The first-order valence-electron chi connectivity index (χ1n) is 5.28. The third-order valence-corrected chi connectivity index (χ3v) is 3.23. The number of hydrogen-bond acceptors (Lipinski definition) is 4. The minimum absolute atomic E-state index is 0.290. The van der Waals surface area contributed by atoms with Gasteiger partial charge in [0.05, 0.1) is 12.7 Å². The largest absolute Gasteiger partial charge is 0.394 e. The fourth-order valence-corrected chi connectivity index (χ4v) is 1.88. The Balaban J connectivity index is 4.06. The fourth-order valence-electron chi connectivity index (χ4n) is 0.928. The molecule has 0 aromatic heterocycles. The second-order valence-electron chi connectivity index (χ2n) is 3.30. The van der Waals surface area contributed by atoms with Crippen molar-refractivity contribution >= 4 is 11.8 Å². The minimum Gasteiger partial charge on any atom is -0.394 e. The number of nitrogens with two attached hydrogens (primary N) is 1. The van der Waals surface area contributed by atoms with Crippen LogP contribution in [0.15, 0.2) is 35.3 Å². The van der Waals surface area contributed by atoms with E-state index in [1.54, 1.807) is 11.8 Å². The molecule has 0 aliphatic heterocycles. The van der Waals surface area contributed by atoms with Crippen molar-refractivity contribution in [3.05, 3.63) is 35.3 Å². The van der Waals surface area contributed by atoms with Gasteiger partial charge in [-0.25, -0.2) is 0 Å². The van der Waals surface area contributed by atoms with E-state index in [9.17, 15) is 5.11 Å². The maximum atomic E-state index is 9.29. The zero-order valence-electron chi connectivity index (χ0n) is 9.84. The van der Waals surface area contributed by atoms with Crippen molar-refractivity contribution in [2.45, 2.75) is 26.0 Å². The lowest BCUT2D eigenvalue weighted by molar-refractivity contribution is 0.0801. The van der Waals surface area contributed by atoms with Gasteiger partial charge in [-0.3, -0.25) is 0 Å². The Bertz CT molecular complexity index is 262. The number of allylic oxidation sites excluding steroid dienone is 5. The smallest absolute Gasteiger partial charge is 0.0929 e. The van der Waals surface area contributed by atoms with Crippen molar-refractivity contribution < 1.29 is 10.2 Å². The number of thioether (sulfide) groups is 1. The van der Waals surface area contributed by atoms with E-state index in [-0.39, 0.29) is 6.61 Å². The molecule has 4 N–H and O–H groups in total. The molecule has 0 unspecified atom stereocenters. The molecule has 0 spiro atoms. The van der Waals surface area contributed by atoms with Gasteiger partial charge in [0.2, 0.25) is 0 Å². The quantitative estimate of drug-likeness (QED) is 0.592. The van der Waals surface area contributed by atoms with Crippen molar-refractivity contribution in [2.75, 3.05) is 12.4 Å². The Hall–Kier alpha value is -0.550. The minimum atomic E-state index is -0.842. The molecule has 4 heteroatoms. The van der Waals surface area contributed by atoms with E-state index in [1.807, 2.05) is 44.2 Å². The van der Waals surface area contributed by atoms with E-state index < -0.39 is 12.1 Å². The SMILES string of the molecule is C\C=C/C=C\C(=C/C)SC[C@H](N)[C@@H](O)CO. The van der Waals surface area contributed by atoms with Gasteiger partial charge in [0.25, 0.3) is 0 Å². The van der Waals surface area contributed by atoms with E-state index in [1.165, 1.54) is 0 Å². The van der Waals surface area contributed by atoms with Crippen LogP contribution in [0.5, 0.6) is 0 Å². The number of aliphatic hydroxyl groups is 2. The molecule has 2 atom stereocenters. The van der Waals surface area contributed by atoms with Crippen LogP contribution in [0.1, 0.15) is 13.8 Å². The van der Waals surface area contributed by atoms with E-state index in [0.717, 1.165) is 4.91 Å². The summed E-state index contributed by atoms with van der Waals surface area (Å²) in [5.41, 5.74) is 5.69. The van der Waals surface area contributed by atoms with Crippen LogP contribution in [0.2, 0.25) is 0 Å². The second kappa shape index (κ2) is 9.66. The Morgan fingerprint density at radius 1 is 1.38 bits per heavy atom. The normalized spacial score (nSPS) is 17.2. The van der Waals surface area contributed by atoms with Gasteiger partial charge in [-0.1, -0.05) is 24.3 Å². The zero-order chi connectivity index (χ0) is 12.4. The Morgan fingerprint density at radius 3 is 2.56 bits per heavy atom. The van der Waals surface area contributed by atoms with Crippen LogP contribution >= 0.6 is 11.8 Å². The molecule has 0 fully saturated rings. The summed E-state index contributed by atoms with van der Waals surface area (Å²) in [7, 11) is 0. The van der Waals surface area contributed by atoms with Crippen LogP contribution in [0.4, 0.5) is 0 Å². The number of rotatable bonds is 7. The number of hydrogen-bond donors (Lipinski definition) is 3. The molecule has 0 amide bonds. The summed E-state index contributed by atoms with van der Waals surface area (Å²) >= 11 is 1.57. The maximum absolute atomic E-state index is 9.29. The average molecular weight is 243 g/mol. The predicted octanol–water partition coefficient (Wildman–Crippen LogP) is 1.44. The standard InChI is InChI=1S/C12H21NO2S/c1-3-5-6-7-10(4-2)16-9-11(13)12(15)8-14/h3-7,11-12,14-15H,8-9,13H2,1-2H3/b5-3-,7-6-,10-4+/t11-,12-/m0/s1. The zero-order valence-corrected chi connectivity index (χ0v) is 10.7. The first-order valence-corrected chi connectivity index (χ1v) is 6.27. The summed E-state index contributed by atoms with van der Waals surface area (Å²) < 4.78 is 0. The van der Waals surface area contributed by atoms with Gasteiger partial charge in [0, 0.05) is 16.7 Å².